The van der Waals surface area contributed by atoms with Gasteiger partial charge in [-0.05, 0) is 19.4 Å². The molecular formula is C10H13NO6S3. The van der Waals surface area contributed by atoms with Crippen LogP contribution in [0.15, 0.2) is 14.5 Å². The number of hydrogen-bond acceptors (Lipinski definition) is 6. The van der Waals surface area contributed by atoms with Crippen molar-refractivity contribution in [1.82, 2.24) is 5.32 Å². The van der Waals surface area contributed by atoms with Crippen LogP contribution in [-0.4, -0.2) is 32.5 Å². The Balaban J connectivity index is 2.64. The van der Waals surface area contributed by atoms with E-state index in [4.69, 9.17) is 4.55 Å². The highest BCUT2D eigenvalue weighted by atomic mass is 32.3. The van der Waals surface area contributed by atoms with E-state index < -0.39 is 35.5 Å². The zero-order valence-electron chi connectivity index (χ0n) is 10.7. The van der Waals surface area contributed by atoms with Crippen molar-refractivity contribution in [2.45, 2.75) is 40.0 Å². The van der Waals surface area contributed by atoms with Crippen LogP contribution in [0.5, 0.6) is 0 Å². The summed E-state index contributed by atoms with van der Waals surface area (Å²) in [6.07, 6.45) is 0.163. The van der Waals surface area contributed by atoms with E-state index >= 15 is 0 Å². The number of carbonyl (C=O) groups excluding carboxylic acids is 1. The third-order valence-corrected chi connectivity index (χ3v) is 8.26. The van der Waals surface area contributed by atoms with Crippen LogP contribution in [0.25, 0.3) is 0 Å². The summed E-state index contributed by atoms with van der Waals surface area (Å²) in [5, 5.41) is 1.86. The molecule has 0 radical (unpaired) electrons. The van der Waals surface area contributed by atoms with Crippen molar-refractivity contribution in [3.63, 3.8) is 0 Å². The van der Waals surface area contributed by atoms with Gasteiger partial charge in [0.25, 0.3) is 0 Å². The lowest BCUT2D eigenvalue weighted by Gasteiger charge is -2.27. The lowest BCUT2D eigenvalue weighted by molar-refractivity contribution is -0.119. The molecule has 1 aliphatic heterocycles. The van der Waals surface area contributed by atoms with Crippen LogP contribution in [0.4, 0.5) is 0 Å². The molecule has 2 atom stereocenters. The Morgan fingerprint density at radius 2 is 2.10 bits per heavy atom. The van der Waals surface area contributed by atoms with E-state index in [1.807, 2.05) is 0 Å². The zero-order valence-corrected chi connectivity index (χ0v) is 13.1. The smallest absolute Gasteiger partial charge is 0.304 e. The van der Waals surface area contributed by atoms with E-state index in [1.54, 1.807) is 0 Å². The van der Waals surface area contributed by atoms with Crippen molar-refractivity contribution in [2.24, 2.45) is 0 Å². The molecule has 7 nitrogen and oxygen atoms in total. The Hall–Kier alpha value is -0.970. The molecule has 0 spiro atoms. The monoisotopic (exact) mass is 339 g/mol. The van der Waals surface area contributed by atoms with E-state index in [0.29, 0.717) is 11.3 Å². The Bertz CT molecular complexity index is 761. The number of carbonyl (C=O) groups is 1. The first-order valence-corrected chi connectivity index (χ1v) is 9.46. The highest BCUT2D eigenvalue weighted by Crippen LogP contribution is 2.42. The largest absolute Gasteiger partial charge is 0.349 e. The number of sulfone groups is 1. The zero-order chi connectivity index (χ0) is 15.3. The predicted octanol–water partition coefficient (Wildman–Crippen LogP) is 0.738. The first-order chi connectivity index (χ1) is 9.03. The Morgan fingerprint density at radius 1 is 1.50 bits per heavy atom. The molecule has 1 aromatic heterocycles. The normalized spacial score (nSPS) is 24.9. The van der Waals surface area contributed by atoms with E-state index in [1.165, 1.54) is 13.8 Å². The average Bonchev–Trinajstić information content (AvgIpc) is 2.70. The molecule has 2 N–H and O–H groups in total. The van der Waals surface area contributed by atoms with Gasteiger partial charge in [-0.25, -0.2) is 8.42 Å². The van der Waals surface area contributed by atoms with Crippen LogP contribution < -0.4 is 5.32 Å². The number of fused-ring (bicyclic) bond motifs is 1. The van der Waals surface area contributed by atoms with Crippen molar-refractivity contribution >= 4 is 37.2 Å². The molecule has 0 bridgehead atoms. The molecule has 2 heterocycles. The molecule has 10 heteroatoms. The second-order valence-electron chi connectivity index (χ2n) is 4.63. The number of amides is 1. The molecule has 0 fully saturated rings. The van der Waals surface area contributed by atoms with Gasteiger partial charge in [0.2, 0.25) is 5.91 Å². The highest BCUT2D eigenvalue weighted by molar-refractivity contribution is 7.95. The van der Waals surface area contributed by atoms with Crippen LogP contribution in [0.1, 0.15) is 31.9 Å². The summed E-state index contributed by atoms with van der Waals surface area (Å²) in [6.45, 7) is 2.80. The summed E-state index contributed by atoms with van der Waals surface area (Å²) in [6, 6.07) is 0.534. The molecule has 0 aliphatic carbocycles. The third kappa shape index (κ3) is 2.60. The second-order valence-corrected chi connectivity index (χ2v) is 9.89. The predicted molar refractivity (Wildman–Crippen MR) is 72.0 cm³/mol. The molecule has 0 saturated carbocycles. The minimum absolute atomic E-state index is 0.109. The second kappa shape index (κ2) is 4.79. The molecule has 1 amide bonds. The van der Waals surface area contributed by atoms with Crippen LogP contribution in [0.3, 0.4) is 0 Å². The van der Waals surface area contributed by atoms with Gasteiger partial charge in [-0.3, -0.25) is 9.35 Å². The number of nitrogens with one attached hydrogen (secondary N) is 1. The fourth-order valence-corrected chi connectivity index (χ4v) is 6.47. The molecule has 2 rings (SSSR count). The number of hydrogen-bond donors (Lipinski definition) is 2. The van der Waals surface area contributed by atoms with Gasteiger partial charge in [0.1, 0.15) is 8.42 Å². The summed E-state index contributed by atoms with van der Waals surface area (Å²) in [4.78, 5) is 11.2. The summed E-state index contributed by atoms with van der Waals surface area (Å²) in [5.41, 5.74) is 0.218. The Morgan fingerprint density at radius 3 is 2.60 bits per heavy atom. The van der Waals surface area contributed by atoms with E-state index in [2.05, 4.69) is 5.32 Å². The topological polar surface area (TPSA) is 118 Å². The standard InChI is InChI=1S/C10H13NO6S3/c1-5-3-8(11-6(2)12)7-4-9(20(15,16)17)18-10(7)19(5,13)14/h4-5,8H,3H2,1-2H3,(H,11,12)(H,15,16,17)/t5-,8-/m0/s1. The van der Waals surface area contributed by atoms with Gasteiger partial charge in [0.15, 0.2) is 9.84 Å². The maximum Gasteiger partial charge on any atom is 0.304 e. The van der Waals surface area contributed by atoms with Crippen LogP contribution in [-0.2, 0) is 24.7 Å². The Kier molecular flexibility index (Phi) is 3.70. The molecule has 0 saturated heterocycles. The van der Waals surface area contributed by atoms with Gasteiger partial charge in [-0.2, -0.15) is 8.42 Å². The maximum absolute atomic E-state index is 12.2. The van der Waals surface area contributed by atoms with Crippen LogP contribution in [0, 0.1) is 0 Å². The Labute approximate surface area is 120 Å². The van der Waals surface area contributed by atoms with Gasteiger partial charge in [-0.15, -0.1) is 11.3 Å². The maximum atomic E-state index is 12.2. The van der Waals surface area contributed by atoms with E-state index in [-0.39, 0.29) is 22.1 Å². The fraction of sp³-hybridized carbons (Fsp3) is 0.500. The van der Waals surface area contributed by atoms with Crippen molar-refractivity contribution in [3.05, 3.63) is 11.6 Å². The van der Waals surface area contributed by atoms with Gasteiger partial charge in [0.05, 0.1) is 11.3 Å². The molecule has 1 aliphatic rings. The van der Waals surface area contributed by atoms with Gasteiger partial charge in [-0.1, -0.05) is 0 Å². The van der Waals surface area contributed by atoms with E-state index in [0.717, 1.165) is 6.07 Å². The summed E-state index contributed by atoms with van der Waals surface area (Å²) < 4.78 is 55.2. The fourth-order valence-electron chi connectivity index (χ4n) is 2.11. The van der Waals surface area contributed by atoms with Gasteiger partial charge >= 0.3 is 10.1 Å². The van der Waals surface area contributed by atoms with Gasteiger partial charge < -0.3 is 5.32 Å². The molecule has 0 unspecified atom stereocenters. The van der Waals surface area contributed by atoms with Crippen molar-refractivity contribution < 1.29 is 26.2 Å². The summed E-state index contributed by atoms with van der Waals surface area (Å²) in [5.74, 6) is -0.341. The third-order valence-electron chi connectivity index (χ3n) is 3.07. The van der Waals surface area contributed by atoms with E-state index in [9.17, 15) is 21.6 Å². The molecule has 1 aromatic rings. The van der Waals surface area contributed by atoms with Crippen LogP contribution in [0.2, 0.25) is 0 Å². The SMILES string of the molecule is CC(=O)N[C@H]1C[C@H](C)S(=O)(=O)c2sc(S(=O)(=O)O)cc21. The lowest BCUT2D eigenvalue weighted by atomic mass is 10.1. The van der Waals surface area contributed by atoms with Crippen molar-refractivity contribution in [1.29, 1.82) is 0 Å². The van der Waals surface area contributed by atoms with Crippen LogP contribution >= 0.6 is 11.3 Å². The summed E-state index contributed by atoms with van der Waals surface area (Å²) >= 11 is 0.507. The summed E-state index contributed by atoms with van der Waals surface area (Å²) in [7, 11) is -8.11. The quantitative estimate of drug-likeness (QED) is 0.767. The first-order valence-electron chi connectivity index (χ1n) is 5.65. The lowest BCUT2D eigenvalue weighted by Crippen LogP contribution is -2.35. The number of thiophene rings is 1. The minimum Gasteiger partial charge on any atom is -0.349 e. The molecule has 112 valence electrons. The molecular weight excluding hydrogens is 326 g/mol. The molecule has 0 aromatic carbocycles. The molecule has 20 heavy (non-hydrogen) atoms. The van der Waals surface area contributed by atoms with Crippen molar-refractivity contribution in [2.75, 3.05) is 0 Å². The van der Waals surface area contributed by atoms with Gasteiger partial charge in [0, 0.05) is 12.5 Å². The minimum atomic E-state index is -4.48. The van der Waals surface area contributed by atoms with Crippen molar-refractivity contribution in [3.8, 4) is 0 Å². The average molecular weight is 339 g/mol. The first kappa shape index (κ1) is 15.4. The highest BCUT2D eigenvalue weighted by Gasteiger charge is 2.39. The number of rotatable bonds is 2.